The van der Waals surface area contributed by atoms with Crippen LogP contribution in [0.15, 0.2) is 60.7 Å². The van der Waals surface area contributed by atoms with Gasteiger partial charge in [-0.2, -0.15) is 0 Å². The molecule has 0 unspecified atom stereocenters. The Kier molecular flexibility index (Phi) is 8.30. The van der Waals surface area contributed by atoms with Gasteiger partial charge in [0.1, 0.15) is 0 Å². The smallest absolute Gasteiger partial charge is 0.0313 e. The molecule has 0 spiro atoms. The third kappa shape index (κ3) is 7.37. The monoisotopic (exact) mass is 220 g/mol. The predicted molar refractivity (Wildman–Crippen MR) is 67.0 cm³/mol. The van der Waals surface area contributed by atoms with Gasteiger partial charge in [-0.3, -0.25) is 10.5 Å². The molecule has 86 valence electrons. The number of nitrogen functional groups attached to an aromatic ring is 2. The summed E-state index contributed by atoms with van der Waals surface area (Å²) in [5.41, 5.74) is 12.4. The van der Waals surface area contributed by atoms with Crippen molar-refractivity contribution in [2.75, 3.05) is 11.5 Å². The summed E-state index contributed by atoms with van der Waals surface area (Å²) in [6.45, 7) is 0. The number of rotatable bonds is 0. The van der Waals surface area contributed by atoms with E-state index in [1.807, 2.05) is 60.7 Å². The lowest BCUT2D eigenvalue weighted by Crippen LogP contribution is -1.79. The molecule has 0 aliphatic carbocycles. The van der Waals surface area contributed by atoms with Gasteiger partial charge in [0.05, 0.1) is 0 Å². The van der Waals surface area contributed by atoms with Crippen molar-refractivity contribution in [2.45, 2.75) is 0 Å². The van der Waals surface area contributed by atoms with E-state index >= 15 is 0 Å². The van der Waals surface area contributed by atoms with Crippen molar-refractivity contribution in [3.05, 3.63) is 60.7 Å². The highest BCUT2D eigenvalue weighted by atomic mass is 17.0. The van der Waals surface area contributed by atoms with Gasteiger partial charge >= 0.3 is 0 Å². The van der Waals surface area contributed by atoms with Gasteiger partial charge in [0, 0.05) is 11.4 Å². The molecule has 2 rings (SSSR count). The number of benzene rings is 2. The highest BCUT2D eigenvalue weighted by Gasteiger charge is 1.72. The van der Waals surface area contributed by atoms with Crippen LogP contribution in [0.25, 0.3) is 0 Å². The minimum atomic E-state index is 0.822. The Morgan fingerprint density at radius 1 is 0.562 bits per heavy atom. The average molecular weight is 220 g/mol. The van der Waals surface area contributed by atoms with Crippen LogP contribution < -0.4 is 11.5 Å². The molecule has 0 aliphatic rings. The second kappa shape index (κ2) is 9.51. The first-order valence-corrected chi connectivity index (χ1v) is 4.60. The molecule has 0 heterocycles. The van der Waals surface area contributed by atoms with E-state index in [4.69, 9.17) is 22.0 Å². The maximum Gasteiger partial charge on any atom is 0.0313 e. The van der Waals surface area contributed by atoms with E-state index in [9.17, 15) is 0 Å². The van der Waals surface area contributed by atoms with Crippen molar-refractivity contribution >= 4 is 11.4 Å². The molecule has 16 heavy (non-hydrogen) atoms. The summed E-state index contributed by atoms with van der Waals surface area (Å²) in [5.74, 6) is 0. The van der Waals surface area contributed by atoms with Gasteiger partial charge in [-0.25, -0.2) is 0 Å². The Hall–Kier alpha value is -2.04. The maximum absolute atomic E-state index is 6.00. The van der Waals surface area contributed by atoms with Crippen LogP contribution in [0, 0.1) is 0 Å². The predicted octanol–water partition coefficient (Wildman–Crippen LogP) is 2.56. The van der Waals surface area contributed by atoms with Gasteiger partial charge in [-0.1, -0.05) is 36.4 Å². The highest BCUT2D eigenvalue weighted by molar-refractivity contribution is 5.36. The van der Waals surface area contributed by atoms with Crippen molar-refractivity contribution in [3.8, 4) is 0 Å². The van der Waals surface area contributed by atoms with Gasteiger partial charge in [0.25, 0.3) is 0 Å². The third-order valence-electron chi connectivity index (χ3n) is 1.60. The highest BCUT2D eigenvalue weighted by Crippen LogP contribution is 1.96. The minimum absolute atomic E-state index is 0.822. The van der Waals surface area contributed by atoms with Crippen molar-refractivity contribution in [1.82, 2.24) is 0 Å². The van der Waals surface area contributed by atoms with Crippen molar-refractivity contribution < 1.29 is 10.5 Å². The number of hydrogen-bond donors (Lipinski definition) is 4. The number of para-hydroxylation sites is 2. The Bertz CT molecular complexity index is 314. The largest absolute Gasteiger partial charge is 0.399 e. The summed E-state index contributed by atoms with van der Waals surface area (Å²) in [6.07, 6.45) is 0. The number of anilines is 2. The van der Waals surface area contributed by atoms with E-state index in [0.29, 0.717) is 0 Å². The fourth-order valence-corrected chi connectivity index (χ4v) is 0.906. The molecule has 0 bridgehead atoms. The Labute approximate surface area is 94.7 Å². The first kappa shape index (κ1) is 14.0. The lowest BCUT2D eigenvalue weighted by atomic mass is 10.3. The zero-order valence-electron chi connectivity index (χ0n) is 8.82. The molecular weight excluding hydrogens is 204 g/mol. The zero-order valence-corrected chi connectivity index (χ0v) is 8.82. The standard InChI is InChI=1S/2C6H7N.H2O2/c2*7-6-4-2-1-3-5-6;1-2/h2*1-5H,7H2;1-2H. The second-order valence-electron chi connectivity index (χ2n) is 2.82. The average Bonchev–Trinajstić information content (AvgIpc) is 2.34. The molecule has 2 aromatic carbocycles. The summed E-state index contributed by atoms with van der Waals surface area (Å²) >= 11 is 0. The van der Waals surface area contributed by atoms with Crippen LogP contribution in [0.1, 0.15) is 0 Å². The van der Waals surface area contributed by atoms with Crippen LogP contribution in [-0.4, -0.2) is 10.5 Å². The molecule has 4 nitrogen and oxygen atoms in total. The topological polar surface area (TPSA) is 92.5 Å². The molecule has 6 N–H and O–H groups in total. The molecular formula is C12H16N2O2. The number of hydrogen-bond acceptors (Lipinski definition) is 4. The summed E-state index contributed by atoms with van der Waals surface area (Å²) < 4.78 is 0. The molecule has 0 atom stereocenters. The minimum Gasteiger partial charge on any atom is -0.399 e. The molecule has 2 aromatic rings. The van der Waals surface area contributed by atoms with Crippen LogP contribution in [0.5, 0.6) is 0 Å². The molecule has 0 aromatic heterocycles. The molecule has 0 aliphatic heterocycles. The first-order valence-electron chi connectivity index (χ1n) is 4.60. The molecule has 0 fully saturated rings. The van der Waals surface area contributed by atoms with Crippen LogP contribution in [-0.2, 0) is 0 Å². The Morgan fingerprint density at radius 2 is 0.812 bits per heavy atom. The van der Waals surface area contributed by atoms with Gasteiger partial charge < -0.3 is 11.5 Å². The second-order valence-corrected chi connectivity index (χ2v) is 2.82. The molecule has 0 amide bonds. The quantitative estimate of drug-likeness (QED) is 0.312. The van der Waals surface area contributed by atoms with E-state index < -0.39 is 0 Å². The fraction of sp³-hybridized carbons (Fsp3) is 0. The van der Waals surface area contributed by atoms with Crippen molar-refractivity contribution in [2.24, 2.45) is 0 Å². The van der Waals surface area contributed by atoms with Gasteiger partial charge in [0.15, 0.2) is 0 Å². The fourth-order valence-electron chi connectivity index (χ4n) is 0.906. The molecule has 0 radical (unpaired) electrons. The lowest BCUT2D eigenvalue weighted by molar-refractivity contribution is -0.176. The van der Waals surface area contributed by atoms with Crippen LogP contribution in [0.2, 0.25) is 0 Å². The van der Waals surface area contributed by atoms with Gasteiger partial charge in [-0.15, -0.1) is 0 Å². The molecule has 0 saturated heterocycles. The normalized spacial score (nSPS) is 7.88. The molecule has 4 heteroatoms. The summed E-state index contributed by atoms with van der Waals surface area (Å²) in [6, 6.07) is 19.0. The Balaban J connectivity index is 0.000000244. The number of nitrogens with two attached hydrogens (primary N) is 2. The first-order chi connectivity index (χ1) is 7.79. The zero-order chi connectivity index (χ0) is 12.2. The van der Waals surface area contributed by atoms with Crippen LogP contribution >= 0.6 is 0 Å². The van der Waals surface area contributed by atoms with Crippen molar-refractivity contribution in [3.63, 3.8) is 0 Å². The summed E-state index contributed by atoms with van der Waals surface area (Å²) in [4.78, 5) is 0. The van der Waals surface area contributed by atoms with E-state index in [0.717, 1.165) is 11.4 Å². The molecule has 0 saturated carbocycles. The van der Waals surface area contributed by atoms with Crippen molar-refractivity contribution in [1.29, 1.82) is 0 Å². The van der Waals surface area contributed by atoms with Crippen LogP contribution in [0.4, 0.5) is 11.4 Å². The Morgan fingerprint density at radius 3 is 0.938 bits per heavy atom. The van der Waals surface area contributed by atoms with Crippen LogP contribution in [0.3, 0.4) is 0 Å². The summed E-state index contributed by atoms with van der Waals surface area (Å²) in [5, 5.41) is 12.0. The summed E-state index contributed by atoms with van der Waals surface area (Å²) in [7, 11) is 0. The lowest BCUT2D eigenvalue weighted by Gasteiger charge is -1.83. The third-order valence-corrected chi connectivity index (χ3v) is 1.60. The maximum atomic E-state index is 6.00. The van der Waals surface area contributed by atoms with E-state index in [1.165, 1.54) is 0 Å². The van der Waals surface area contributed by atoms with E-state index in [1.54, 1.807) is 0 Å². The van der Waals surface area contributed by atoms with Gasteiger partial charge in [0.2, 0.25) is 0 Å². The van der Waals surface area contributed by atoms with Gasteiger partial charge in [-0.05, 0) is 24.3 Å². The van der Waals surface area contributed by atoms with E-state index in [-0.39, 0.29) is 0 Å². The van der Waals surface area contributed by atoms with E-state index in [2.05, 4.69) is 0 Å². The SMILES string of the molecule is Nc1ccccc1.Nc1ccccc1.OO.